The number of imidazole rings is 1. The van der Waals surface area contributed by atoms with Gasteiger partial charge in [0.15, 0.2) is 0 Å². The van der Waals surface area contributed by atoms with Crippen molar-refractivity contribution in [2.24, 2.45) is 7.05 Å². The number of nitrogens with one attached hydrogen (secondary N) is 1. The molecule has 2 rings (SSSR count). The van der Waals surface area contributed by atoms with Crippen molar-refractivity contribution < 1.29 is 9.53 Å². The average molecular weight is 294 g/mol. The van der Waals surface area contributed by atoms with Gasteiger partial charge in [-0.15, -0.1) is 0 Å². The summed E-state index contributed by atoms with van der Waals surface area (Å²) >= 11 is 5.99. The van der Waals surface area contributed by atoms with Crippen LogP contribution in [0, 0.1) is 0 Å². The monoisotopic (exact) mass is 293 g/mol. The van der Waals surface area contributed by atoms with Gasteiger partial charge in [0.2, 0.25) is 0 Å². The van der Waals surface area contributed by atoms with E-state index in [9.17, 15) is 4.79 Å². The number of nitrogens with zero attached hydrogens (tertiary/aromatic N) is 2. The molecule has 1 N–H and O–H groups in total. The first kappa shape index (κ1) is 14.4. The molecule has 0 saturated heterocycles. The Kier molecular flexibility index (Phi) is 4.29. The van der Waals surface area contributed by atoms with E-state index in [0.717, 1.165) is 11.5 Å². The van der Waals surface area contributed by atoms with Crippen LogP contribution in [-0.2, 0) is 11.8 Å². The van der Waals surface area contributed by atoms with Crippen molar-refractivity contribution >= 4 is 23.3 Å². The third-order valence-corrected chi connectivity index (χ3v) is 3.33. The number of ether oxygens (including phenoxy) is 1. The number of anilines is 1. The predicted octanol–water partition coefficient (Wildman–Crippen LogP) is 3.03. The van der Waals surface area contributed by atoms with E-state index in [0.29, 0.717) is 10.6 Å². The summed E-state index contributed by atoms with van der Waals surface area (Å²) in [6.07, 6.45) is 3.63. The molecule has 0 spiro atoms. The van der Waals surface area contributed by atoms with Gasteiger partial charge in [0, 0.05) is 25.1 Å². The van der Waals surface area contributed by atoms with Crippen LogP contribution in [0.4, 0.5) is 5.69 Å². The summed E-state index contributed by atoms with van der Waals surface area (Å²) in [6.45, 7) is 1.99. The minimum atomic E-state index is -0.455. The first-order valence-corrected chi connectivity index (χ1v) is 6.52. The first-order chi connectivity index (χ1) is 9.52. The van der Waals surface area contributed by atoms with Crippen molar-refractivity contribution in [2.45, 2.75) is 13.0 Å². The molecule has 6 heteroatoms. The van der Waals surface area contributed by atoms with Gasteiger partial charge in [-0.25, -0.2) is 9.78 Å². The van der Waals surface area contributed by atoms with Gasteiger partial charge in [-0.1, -0.05) is 11.6 Å². The molecule has 0 aliphatic carbocycles. The number of hydrogen-bond donors (Lipinski definition) is 1. The topological polar surface area (TPSA) is 56.1 Å². The quantitative estimate of drug-likeness (QED) is 0.880. The lowest BCUT2D eigenvalue weighted by Gasteiger charge is -2.16. The number of aromatic nitrogens is 2. The van der Waals surface area contributed by atoms with E-state index >= 15 is 0 Å². The Morgan fingerprint density at radius 3 is 2.85 bits per heavy atom. The highest BCUT2D eigenvalue weighted by Crippen LogP contribution is 2.24. The Hall–Kier alpha value is -2.01. The standard InChI is InChI=1S/C14H16ClN3O2/c1-9(13-16-6-7-18(13)2)17-10-4-5-12(15)11(8-10)14(19)20-3/h4-9,17H,1-3H3. The third-order valence-electron chi connectivity index (χ3n) is 3.00. The molecular weight excluding hydrogens is 278 g/mol. The number of benzene rings is 1. The fourth-order valence-electron chi connectivity index (χ4n) is 1.99. The molecule has 1 aromatic carbocycles. The van der Waals surface area contributed by atoms with Crippen LogP contribution in [0.2, 0.25) is 5.02 Å². The van der Waals surface area contributed by atoms with Gasteiger partial charge in [0.05, 0.1) is 23.7 Å². The van der Waals surface area contributed by atoms with E-state index < -0.39 is 5.97 Å². The number of methoxy groups -OCH3 is 1. The summed E-state index contributed by atoms with van der Waals surface area (Å²) in [4.78, 5) is 15.9. The molecule has 2 aromatic rings. The third kappa shape index (κ3) is 2.93. The minimum Gasteiger partial charge on any atom is -0.465 e. The smallest absolute Gasteiger partial charge is 0.339 e. The van der Waals surface area contributed by atoms with Crippen LogP contribution < -0.4 is 5.32 Å². The van der Waals surface area contributed by atoms with E-state index in [1.54, 1.807) is 18.3 Å². The minimum absolute atomic E-state index is 0.00155. The maximum Gasteiger partial charge on any atom is 0.339 e. The molecule has 1 aromatic heterocycles. The number of rotatable bonds is 4. The van der Waals surface area contributed by atoms with Crippen molar-refractivity contribution in [1.82, 2.24) is 9.55 Å². The van der Waals surface area contributed by atoms with Crippen LogP contribution in [0.3, 0.4) is 0 Å². The van der Waals surface area contributed by atoms with E-state index in [-0.39, 0.29) is 6.04 Å². The van der Waals surface area contributed by atoms with Crippen LogP contribution >= 0.6 is 11.6 Å². The van der Waals surface area contributed by atoms with Crippen LogP contribution in [0.25, 0.3) is 0 Å². The molecule has 5 nitrogen and oxygen atoms in total. The van der Waals surface area contributed by atoms with Gasteiger partial charge in [0.25, 0.3) is 0 Å². The summed E-state index contributed by atoms with van der Waals surface area (Å²) in [7, 11) is 3.26. The molecule has 0 aliphatic rings. The zero-order valence-electron chi connectivity index (χ0n) is 11.6. The van der Waals surface area contributed by atoms with E-state index in [2.05, 4.69) is 10.3 Å². The zero-order chi connectivity index (χ0) is 14.7. The number of esters is 1. The highest BCUT2D eigenvalue weighted by atomic mass is 35.5. The zero-order valence-corrected chi connectivity index (χ0v) is 12.3. The van der Waals surface area contributed by atoms with Gasteiger partial charge < -0.3 is 14.6 Å². The van der Waals surface area contributed by atoms with Gasteiger partial charge in [0.1, 0.15) is 5.82 Å². The molecule has 106 valence electrons. The number of carbonyl (C=O) groups excluding carboxylic acids is 1. The SMILES string of the molecule is COC(=O)c1cc(NC(C)c2nccn2C)ccc1Cl. The molecule has 1 heterocycles. The highest BCUT2D eigenvalue weighted by molar-refractivity contribution is 6.33. The summed E-state index contributed by atoms with van der Waals surface area (Å²) in [6, 6.07) is 5.16. The van der Waals surface area contributed by atoms with Crippen molar-refractivity contribution in [2.75, 3.05) is 12.4 Å². The summed E-state index contributed by atoms with van der Waals surface area (Å²) in [5.41, 5.74) is 1.12. The highest BCUT2D eigenvalue weighted by Gasteiger charge is 2.14. The van der Waals surface area contributed by atoms with Crippen molar-refractivity contribution in [3.8, 4) is 0 Å². The second-order valence-electron chi connectivity index (χ2n) is 4.45. The van der Waals surface area contributed by atoms with Gasteiger partial charge in [-0.3, -0.25) is 0 Å². The molecule has 20 heavy (non-hydrogen) atoms. The summed E-state index contributed by atoms with van der Waals surface area (Å²) in [5.74, 6) is 0.447. The Balaban J connectivity index is 2.22. The molecule has 0 amide bonds. The Morgan fingerprint density at radius 2 is 2.25 bits per heavy atom. The Morgan fingerprint density at radius 1 is 1.50 bits per heavy atom. The summed E-state index contributed by atoms with van der Waals surface area (Å²) < 4.78 is 6.64. The van der Waals surface area contributed by atoms with E-state index in [1.807, 2.05) is 30.8 Å². The van der Waals surface area contributed by atoms with Crippen molar-refractivity contribution in [3.05, 3.63) is 47.0 Å². The molecule has 0 bridgehead atoms. The first-order valence-electron chi connectivity index (χ1n) is 6.14. The Bertz CT molecular complexity index is 625. The van der Waals surface area contributed by atoms with Crippen LogP contribution in [-0.4, -0.2) is 22.6 Å². The fraction of sp³-hybridized carbons (Fsp3) is 0.286. The molecular formula is C14H16ClN3O2. The second-order valence-corrected chi connectivity index (χ2v) is 4.86. The number of halogens is 1. The number of hydrogen-bond acceptors (Lipinski definition) is 4. The molecule has 0 aliphatic heterocycles. The maximum atomic E-state index is 11.6. The summed E-state index contributed by atoms with van der Waals surface area (Å²) in [5, 5.41) is 3.65. The van der Waals surface area contributed by atoms with Crippen LogP contribution in [0.1, 0.15) is 29.1 Å². The molecule has 0 fully saturated rings. The largest absolute Gasteiger partial charge is 0.465 e. The normalized spacial score (nSPS) is 12.0. The van der Waals surface area contributed by atoms with Gasteiger partial charge >= 0.3 is 5.97 Å². The van der Waals surface area contributed by atoms with E-state index in [1.165, 1.54) is 7.11 Å². The van der Waals surface area contributed by atoms with Crippen molar-refractivity contribution in [3.63, 3.8) is 0 Å². The second kappa shape index (κ2) is 5.96. The number of carbonyl (C=O) groups is 1. The maximum absolute atomic E-state index is 11.6. The number of aryl methyl sites for hydroxylation is 1. The van der Waals surface area contributed by atoms with E-state index in [4.69, 9.17) is 16.3 Å². The lowest BCUT2D eigenvalue weighted by molar-refractivity contribution is 0.0601. The molecule has 0 radical (unpaired) electrons. The fourth-order valence-corrected chi connectivity index (χ4v) is 2.19. The van der Waals surface area contributed by atoms with Gasteiger partial charge in [-0.05, 0) is 25.1 Å². The predicted molar refractivity (Wildman–Crippen MR) is 78.0 cm³/mol. The Labute approximate surface area is 122 Å². The molecule has 1 atom stereocenters. The molecule has 0 saturated carbocycles. The lowest BCUT2D eigenvalue weighted by atomic mass is 10.2. The van der Waals surface area contributed by atoms with Crippen molar-refractivity contribution in [1.29, 1.82) is 0 Å². The molecule has 1 unspecified atom stereocenters. The average Bonchev–Trinajstić information content (AvgIpc) is 2.86. The van der Waals surface area contributed by atoms with Gasteiger partial charge in [-0.2, -0.15) is 0 Å². The lowest BCUT2D eigenvalue weighted by Crippen LogP contribution is -2.12. The van der Waals surface area contributed by atoms with Crippen LogP contribution in [0.15, 0.2) is 30.6 Å². The van der Waals surface area contributed by atoms with Crippen LogP contribution in [0.5, 0.6) is 0 Å².